The molecule has 1 aromatic carbocycles. The maximum atomic E-state index is 11.6. The van der Waals surface area contributed by atoms with E-state index in [0.717, 1.165) is 22.8 Å². The van der Waals surface area contributed by atoms with E-state index in [1.165, 1.54) is 7.11 Å². The molecule has 2 atom stereocenters. The molecule has 0 bridgehead atoms. The molecule has 160 valence electrons. The van der Waals surface area contributed by atoms with Crippen LogP contribution in [-0.2, 0) is 9.53 Å². The Kier molecular flexibility index (Phi) is 6.53. The Hall–Kier alpha value is -2.90. The summed E-state index contributed by atoms with van der Waals surface area (Å²) in [7, 11) is 1.39. The number of esters is 1. The van der Waals surface area contributed by atoms with Gasteiger partial charge in [0.1, 0.15) is 17.6 Å². The Morgan fingerprint density at radius 2 is 2.03 bits per heavy atom. The van der Waals surface area contributed by atoms with Gasteiger partial charge in [0.2, 0.25) is 0 Å². The van der Waals surface area contributed by atoms with Crippen LogP contribution in [0.25, 0.3) is 11.3 Å². The van der Waals surface area contributed by atoms with Crippen LogP contribution in [-0.4, -0.2) is 34.6 Å². The van der Waals surface area contributed by atoms with Crippen LogP contribution in [0.4, 0.5) is 0 Å². The molecule has 0 saturated carbocycles. The third-order valence-corrected chi connectivity index (χ3v) is 5.86. The van der Waals surface area contributed by atoms with Crippen molar-refractivity contribution in [2.24, 2.45) is 0 Å². The zero-order valence-electron chi connectivity index (χ0n) is 17.0. The Bertz CT molecular complexity index is 1060. The lowest BCUT2D eigenvalue weighted by Crippen LogP contribution is -2.30. The standard InChI is InChI=1S/C23H22ClN3O3S/c1-29-20(28)6-4-14-27-22(21(26-23(27)31)17-5-2-3-13-25-17)19-12-11-18(30-19)15-7-9-16(24)10-8-15/h2-3,5,7-13,21-22H,4,6,14H2,1H3,(H,26,31). The molecule has 1 saturated heterocycles. The zero-order valence-corrected chi connectivity index (χ0v) is 18.5. The number of methoxy groups -OCH3 is 1. The van der Waals surface area contributed by atoms with Gasteiger partial charge in [-0.1, -0.05) is 17.7 Å². The van der Waals surface area contributed by atoms with Gasteiger partial charge >= 0.3 is 5.97 Å². The number of hydrogen-bond donors (Lipinski definition) is 1. The first-order valence-electron chi connectivity index (χ1n) is 9.97. The zero-order chi connectivity index (χ0) is 21.8. The van der Waals surface area contributed by atoms with Gasteiger partial charge in [-0.25, -0.2) is 0 Å². The maximum absolute atomic E-state index is 11.6. The van der Waals surface area contributed by atoms with E-state index < -0.39 is 0 Å². The van der Waals surface area contributed by atoms with Crippen molar-refractivity contribution in [3.63, 3.8) is 0 Å². The fourth-order valence-corrected chi connectivity index (χ4v) is 4.19. The quantitative estimate of drug-likeness (QED) is 0.400. The molecule has 1 N–H and O–H groups in total. The highest BCUT2D eigenvalue weighted by molar-refractivity contribution is 7.80. The fourth-order valence-electron chi connectivity index (χ4n) is 3.73. The molecular weight excluding hydrogens is 434 g/mol. The van der Waals surface area contributed by atoms with Crippen molar-refractivity contribution in [3.05, 3.63) is 77.3 Å². The number of nitrogens with one attached hydrogen (secondary N) is 1. The van der Waals surface area contributed by atoms with Crippen LogP contribution in [0.2, 0.25) is 5.02 Å². The van der Waals surface area contributed by atoms with Crippen molar-refractivity contribution < 1.29 is 13.9 Å². The summed E-state index contributed by atoms with van der Waals surface area (Å²) in [6.45, 7) is 0.589. The van der Waals surface area contributed by atoms with E-state index in [-0.39, 0.29) is 18.1 Å². The first kappa shape index (κ1) is 21.3. The smallest absolute Gasteiger partial charge is 0.305 e. The highest BCUT2D eigenvalue weighted by atomic mass is 35.5. The number of furan rings is 1. The Balaban J connectivity index is 1.64. The lowest BCUT2D eigenvalue weighted by Gasteiger charge is -2.25. The van der Waals surface area contributed by atoms with Crippen LogP contribution in [0.1, 0.15) is 36.4 Å². The van der Waals surface area contributed by atoms with E-state index in [1.54, 1.807) is 6.20 Å². The summed E-state index contributed by atoms with van der Waals surface area (Å²) in [5.74, 6) is 1.28. The molecule has 3 aromatic rings. The normalized spacial score (nSPS) is 18.1. The summed E-state index contributed by atoms with van der Waals surface area (Å²) in [5.41, 5.74) is 1.81. The van der Waals surface area contributed by atoms with Crippen molar-refractivity contribution in [2.75, 3.05) is 13.7 Å². The molecular formula is C23H22ClN3O3S. The van der Waals surface area contributed by atoms with E-state index in [1.807, 2.05) is 54.6 Å². The largest absolute Gasteiger partial charge is 0.469 e. The summed E-state index contributed by atoms with van der Waals surface area (Å²) in [5, 5.41) is 4.66. The molecule has 0 spiro atoms. The van der Waals surface area contributed by atoms with E-state index in [2.05, 4.69) is 15.2 Å². The molecule has 3 heterocycles. The van der Waals surface area contributed by atoms with E-state index >= 15 is 0 Å². The van der Waals surface area contributed by atoms with Crippen LogP contribution >= 0.6 is 23.8 Å². The second kappa shape index (κ2) is 9.49. The van der Waals surface area contributed by atoms with Gasteiger partial charge < -0.3 is 19.4 Å². The van der Waals surface area contributed by atoms with Crippen molar-refractivity contribution in [2.45, 2.75) is 24.9 Å². The number of benzene rings is 1. The van der Waals surface area contributed by atoms with Crippen LogP contribution in [0.5, 0.6) is 0 Å². The number of nitrogens with zero attached hydrogens (tertiary/aromatic N) is 2. The number of carbonyl (C=O) groups is 1. The average molecular weight is 456 g/mol. The molecule has 0 radical (unpaired) electrons. The highest BCUT2D eigenvalue weighted by Gasteiger charge is 2.41. The van der Waals surface area contributed by atoms with Crippen molar-refractivity contribution >= 4 is 34.9 Å². The topological polar surface area (TPSA) is 67.6 Å². The van der Waals surface area contributed by atoms with E-state index in [0.29, 0.717) is 29.5 Å². The molecule has 1 fully saturated rings. The van der Waals surface area contributed by atoms with Crippen LogP contribution in [0.15, 0.2) is 65.2 Å². The summed E-state index contributed by atoms with van der Waals surface area (Å²) in [6.07, 6.45) is 2.70. The molecule has 2 unspecified atom stereocenters. The lowest BCUT2D eigenvalue weighted by atomic mass is 10.0. The fraction of sp³-hybridized carbons (Fsp3) is 0.261. The Morgan fingerprint density at radius 3 is 2.74 bits per heavy atom. The van der Waals surface area contributed by atoms with Gasteiger partial charge in [-0.15, -0.1) is 0 Å². The van der Waals surface area contributed by atoms with Gasteiger partial charge in [-0.3, -0.25) is 9.78 Å². The number of aromatic nitrogens is 1. The Labute approximate surface area is 191 Å². The van der Waals surface area contributed by atoms with Crippen molar-refractivity contribution in [1.29, 1.82) is 0 Å². The van der Waals surface area contributed by atoms with Gasteiger partial charge in [0.25, 0.3) is 0 Å². The van der Waals surface area contributed by atoms with E-state index in [4.69, 9.17) is 33.0 Å². The molecule has 4 rings (SSSR count). The second-order valence-corrected chi connectivity index (χ2v) is 8.03. The van der Waals surface area contributed by atoms with Crippen LogP contribution in [0, 0.1) is 0 Å². The van der Waals surface area contributed by atoms with Crippen molar-refractivity contribution in [1.82, 2.24) is 15.2 Å². The number of carbonyl (C=O) groups excluding carboxylic acids is 1. The predicted octanol–water partition coefficient (Wildman–Crippen LogP) is 4.92. The summed E-state index contributed by atoms with van der Waals surface area (Å²) < 4.78 is 11.0. The SMILES string of the molecule is COC(=O)CCCN1C(=S)NC(c2ccccn2)C1c1ccc(-c2ccc(Cl)cc2)o1. The monoisotopic (exact) mass is 455 g/mol. The van der Waals surface area contributed by atoms with Gasteiger partial charge in [-0.05, 0) is 67.2 Å². The maximum Gasteiger partial charge on any atom is 0.305 e. The van der Waals surface area contributed by atoms with Gasteiger partial charge in [0, 0.05) is 29.7 Å². The first-order valence-corrected chi connectivity index (χ1v) is 10.8. The van der Waals surface area contributed by atoms with Crippen LogP contribution in [0.3, 0.4) is 0 Å². The summed E-state index contributed by atoms with van der Waals surface area (Å²) in [6, 6.07) is 16.9. The number of pyridine rings is 1. The molecule has 8 heteroatoms. The Morgan fingerprint density at radius 1 is 1.23 bits per heavy atom. The predicted molar refractivity (Wildman–Crippen MR) is 123 cm³/mol. The minimum atomic E-state index is -0.237. The minimum absolute atomic E-state index is 0.170. The number of ether oxygens (including phenoxy) is 1. The highest BCUT2D eigenvalue weighted by Crippen LogP contribution is 2.40. The number of halogens is 1. The van der Waals surface area contributed by atoms with Gasteiger partial charge in [0.05, 0.1) is 18.8 Å². The third kappa shape index (κ3) is 4.73. The van der Waals surface area contributed by atoms with Gasteiger partial charge in [0.15, 0.2) is 5.11 Å². The molecule has 0 aliphatic carbocycles. The lowest BCUT2D eigenvalue weighted by molar-refractivity contribution is -0.140. The number of rotatable bonds is 7. The average Bonchev–Trinajstić information content (AvgIpc) is 3.39. The van der Waals surface area contributed by atoms with Crippen molar-refractivity contribution in [3.8, 4) is 11.3 Å². The molecule has 0 amide bonds. The third-order valence-electron chi connectivity index (χ3n) is 5.25. The summed E-state index contributed by atoms with van der Waals surface area (Å²) >= 11 is 11.6. The minimum Gasteiger partial charge on any atom is -0.469 e. The number of hydrogen-bond acceptors (Lipinski definition) is 5. The molecule has 31 heavy (non-hydrogen) atoms. The van der Waals surface area contributed by atoms with Gasteiger partial charge in [-0.2, -0.15) is 0 Å². The molecule has 2 aromatic heterocycles. The molecule has 1 aliphatic rings. The van der Waals surface area contributed by atoms with E-state index in [9.17, 15) is 4.79 Å². The first-order chi connectivity index (χ1) is 15.1. The second-order valence-electron chi connectivity index (χ2n) is 7.21. The number of thiocarbonyl (C=S) groups is 1. The van der Waals surface area contributed by atoms with Crippen LogP contribution < -0.4 is 5.32 Å². The summed E-state index contributed by atoms with van der Waals surface area (Å²) in [4.78, 5) is 18.1. The molecule has 6 nitrogen and oxygen atoms in total. The molecule has 1 aliphatic heterocycles.